The van der Waals surface area contributed by atoms with Crippen LogP contribution in [-0.2, 0) is 9.47 Å². The molecule has 1 N–H and O–H groups in total. The van der Waals surface area contributed by atoms with Crippen LogP contribution in [0.1, 0.15) is 48.0 Å². The van der Waals surface area contributed by atoms with Crippen molar-refractivity contribution in [3.63, 3.8) is 0 Å². The number of carbonyl (C=O) groups is 2. The fraction of sp³-hybridized carbons (Fsp3) is 0.857. The Balaban J connectivity index is 3.85. The summed E-state index contributed by atoms with van der Waals surface area (Å²) >= 11 is 0. The van der Waals surface area contributed by atoms with Crippen LogP contribution in [0.2, 0.25) is 0 Å². The summed E-state index contributed by atoms with van der Waals surface area (Å²) in [5, 5.41) is 2.64. The number of carbonyl (C=O) groups excluding carboxylic acids is 2. The lowest BCUT2D eigenvalue weighted by Gasteiger charge is -2.24. The highest BCUT2D eigenvalue weighted by Gasteiger charge is 2.19. The summed E-state index contributed by atoms with van der Waals surface area (Å²) in [4.78, 5) is 24.5. The first-order chi connectivity index (χ1) is 8.91. The molecule has 0 unspecified atom stereocenters. The fourth-order valence-corrected chi connectivity index (χ4v) is 1.25. The average molecular weight is 288 g/mol. The van der Waals surface area contributed by atoms with Crippen LogP contribution in [-0.4, -0.2) is 48.4 Å². The van der Waals surface area contributed by atoms with Gasteiger partial charge in [-0.1, -0.05) is 0 Å². The van der Waals surface area contributed by atoms with E-state index in [1.165, 1.54) is 4.90 Å². The van der Waals surface area contributed by atoms with Crippen LogP contribution in [0.5, 0.6) is 0 Å². The molecule has 0 aliphatic heterocycles. The minimum absolute atomic E-state index is 0.366. The van der Waals surface area contributed by atoms with Crippen molar-refractivity contribution < 1.29 is 19.1 Å². The molecule has 118 valence electrons. The molecular weight excluding hydrogens is 260 g/mol. The third kappa shape index (κ3) is 10.5. The predicted molar refractivity (Wildman–Crippen MR) is 77.7 cm³/mol. The highest BCUT2D eigenvalue weighted by Crippen LogP contribution is 2.09. The first kappa shape index (κ1) is 18.5. The number of nitrogens with one attached hydrogen (secondary N) is 1. The first-order valence-electron chi connectivity index (χ1n) is 6.82. The van der Waals surface area contributed by atoms with E-state index in [2.05, 4.69) is 5.32 Å². The van der Waals surface area contributed by atoms with Gasteiger partial charge >= 0.3 is 12.2 Å². The second kappa shape index (κ2) is 7.36. The molecule has 0 rings (SSSR count). The van der Waals surface area contributed by atoms with Crippen LogP contribution in [0, 0.1) is 0 Å². The summed E-state index contributed by atoms with van der Waals surface area (Å²) < 4.78 is 10.3. The zero-order valence-corrected chi connectivity index (χ0v) is 13.7. The molecule has 0 aromatic carbocycles. The maximum atomic E-state index is 11.7. The molecule has 0 aromatic rings. The number of rotatable bonds is 4. The zero-order valence-electron chi connectivity index (χ0n) is 13.7. The van der Waals surface area contributed by atoms with Crippen molar-refractivity contribution in [2.75, 3.05) is 20.1 Å². The predicted octanol–water partition coefficient (Wildman–Crippen LogP) is 2.77. The Morgan fingerprint density at radius 3 is 1.95 bits per heavy atom. The molecule has 0 saturated heterocycles. The Hall–Kier alpha value is -1.46. The second-order valence-corrected chi connectivity index (χ2v) is 6.68. The zero-order chi connectivity index (χ0) is 16.0. The molecule has 0 spiro atoms. The number of ether oxygens (including phenoxy) is 2. The molecule has 0 fully saturated rings. The van der Waals surface area contributed by atoms with Gasteiger partial charge in [-0.25, -0.2) is 9.59 Å². The molecule has 0 saturated carbocycles. The Bertz CT molecular complexity index is 329. The summed E-state index contributed by atoms with van der Waals surface area (Å²) in [6.07, 6.45) is -0.179. The van der Waals surface area contributed by atoms with E-state index in [9.17, 15) is 9.59 Å². The third-order valence-electron chi connectivity index (χ3n) is 2.04. The minimum Gasteiger partial charge on any atom is -0.444 e. The van der Waals surface area contributed by atoms with Crippen molar-refractivity contribution in [1.29, 1.82) is 0 Å². The lowest BCUT2D eigenvalue weighted by Crippen LogP contribution is -2.37. The lowest BCUT2D eigenvalue weighted by atomic mass is 10.2. The summed E-state index contributed by atoms with van der Waals surface area (Å²) in [6.45, 7) is 11.8. The maximum Gasteiger partial charge on any atom is 0.410 e. The van der Waals surface area contributed by atoms with Crippen LogP contribution in [0.3, 0.4) is 0 Å². The van der Waals surface area contributed by atoms with Crippen LogP contribution in [0.25, 0.3) is 0 Å². The molecule has 6 nitrogen and oxygen atoms in total. The van der Waals surface area contributed by atoms with E-state index in [-0.39, 0.29) is 6.09 Å². The molecule has 0 aliphatic carbocycles. The third-order valence-corrected chi connectivity index (χ3v) is 2.04. The van der Waals surface area contributed by atoms with Crippen molar-refractivity contribution in [3.05, 3.63) is 0 Å². The average Bonchev–Trinajstić information content (AvgIpc) is 2.18. The molecule has 20 heavy (non-hydrogen) atoms. The highest BCUT2D eigenvalue weighted by atomic mass is 16.6. The normalized spacial score (nSPS) is 11.8. The standard InChI is InChI=1S/C14H28N2O4/c1-13(2,3)19-11(17)15-9-8-10-16(7)12(18)20-14(4,5)6/h8-10H2,1-7H3,(H,15,17). The Morgan fingerprint density at radius 2 is 1.50 bits per heavy atom. The molecule has 6 heteroatoms. The Kier molecular flexibility index (Phi) is 6.82. The Labute approximate surface area is 121 Å². The second-order valence-electron chi connectivity index (χ2n) is 6.68. The van der Waals surface area contributed by atoms with Crippen LogP contribution < -0.4 is 5.32 Å². The molecule has 0 heterocycles. The first-order valence-corrected chi connectivity index (χ1v) is 6.82. The largest absolute Gasteiger partial charge is 0.444 e. The van der Waals surface area contributed by atoms with Gasteiger partial charge in [0.1, 0.15) is 11.2 Å². The highest BCUT2D eigenvalue weighted by molar-refractivity contribution is 5.68. The summed E-state index contributed by atoms with van der Waals surface area (Å²) in [6, 6.07) is 0. The summed E-state index contributed by atoms with van der Waals surface area (Å²) in [7, 11) is 1.67. The number of hydrogen-bond acceptors (Lipinski definition) is 4. The van der Waals surface area contributed by atoms with Gasteiger partial charge in [-0.2, -0.15) is 0 Å². The van der Waals surface area contributed by atoms with Crippen LogP contribution >= 0.6 is 0 Å². The quantitative estimate of drug-likeness (QED) is 0.808. The van der Waals surface area contributed by atoms with E-state index in [1.807, 2.05) is 41.5 Å². The summed E-state index contributed by atoms with van der Waals surface area (Å²) in [5.74, 6) is 0. The topological polar surface area (TPSA) is 67.9 Å². The van der Waals surface area contributed by atoms with E-state index in [4.69, 9.17) is 9.47 Å². The summed E-state index contributed by atoms with van der Waals surface area (Å²) in [5.41, 5.74) is -1.00. The van der Waals surface area contributed by atoms with Crippen molar-refractivity contribution in [3.8, 4) is 0 Å². The van der Waals surface area contributed by atoms with Crippen molar-refractivity contribution in [2.45, 2.75) is 59.2 Å². The van der Waals surface area contributed by atoms with E-state index in [0.717, 1.165) is 0 Å². The number of nitrogens with zero attached hydrogens (tertiary/aromatic N) is 1. The molecule has 0 atom stereocenters. The van der Waals surface area contributed by atoms with Gasteiger partial charge in [-0.3, -0.25) is 0 Å². The molecule has 0 aliphatic rings. The molecule has 0 bridgehead atoms. The van der Waals surface area contributed by atoms with Crippen LogP contribution in [0.15, 0.2) is 0 Å². The van der Waals surface area contributed by atoms with Gasteiger partial charge in [0.2, 0.25) is 0 Å². The minimum atomic E-state index is -0.503. The number of alkyl carbamates (subject to hydrolysis) is 1. The van der Waals surface area contributed by atoms with E-state index < -0.39 is 17.3 Å². The van der Waals surface area contributed by atoms with E-state index in [0.29, 0.717) is 19.5 Å². The fourth-order valence-electron chi connectivity index (χ4n) is 1.25. The lowest BCUT2D eigenvalue weighted by molar-refractivity contribution is 0.0297. The Morgan fingerprint density at radius 1 is 1.00 bits per heavy atom. The van der Waals surface area contributed by atoms with Gasteiger partial charge in [0.15, 0.2) is 0 Å². The van der Waals surface area contributed by atoms with Gasteiger partial charge in [-0.05, 0) is 48.0 Å². The molecular formula is C14H28N2O4. The van der Waals surface area contributed by atoms with Gasteiger partial charge in [-0.15, -0.1) is 0 Å². The monoisotopic (exact) mass is 288 g/mol. The molecule has 2 amide bonds. The SMILES string of the molecule is CN(CCCNC(=O)OC(C)(C)C)C(=O)OC(C)(C)C. The van der Waals surface area contributed by atoms with Crippen molar-refractivity contribution >= 4 is 12.2 Å². The van der Waals surface area contributed by atoms with Gasteiger partial charge in [0, 0.05) is 20.1 Å². The van der Waals surface area contributed by atoms with Crippen molar-refractivity contribution in [1.82, 2.24) is 10.2 Å². The van der Waals surface area contributed by atoms with Gasteiger partial charge in [0.05, 0.1) is 0 Å². The number of hydrogen-bond donors (Lipinski definition) is 1. The smallest absolute Gasteiger partial charge is 0.410 e. The van der Waals surface area contributed by atoms with Crippen molar-refractivity contribution in [2.24, 2.45) is 0 Å². The van der Waals surface area contributed by atoms with E-state index >= 15 is 0 Å². The van der Waals surface area contributed by atoms with Gasteiger partial charge in [0.25, 0.3) is 0 Å². The maximum absolute atomic E-state index is 11.7. The van der Waals surface area contributed by atoms with Crippen LogP contribution in [0.4, 0.5) is 9.59 Å². The van der Waals surface area contributed by atoms with Gasteiger partial charge < -0.3 is 19.7 Å². The number of amides is 2. The van der Waals surface area contributed by atoms with E-state index in [1.54, 1.807) is 7.05 Å². The molecule has 0 aromatic heterocycles. The molecule has 0 radical (unpaired) electrons.